The molecule has 1 aliphatic heterocycles. The first kappa shape index (κ1) is 14.6. The van der Waals surface area contributed by atoms with Crippen molar-refractivity contribution in [1.82, 2.24) is 9.55 Å². The van der Waals surface area contributed by atoms with Gasteiger partial charge in [-0.1, -0.05) is 12.1 Å². The molecule has 0 unspecified atom stereocenters. The van der Waals surface area contributed by atoms with Gasteiger partial charge in [0.2, 0.25) is 11.9 Å². The van der Waals surface area contributed by atoms with Crippen LogP contribution in [0.4, 0.5) is 5.95 Å². The van der Waals surface area contributed by atoms with E-state index in [1.807, 2.05) is 41.8 Å². The van der Waals surface area contributed by atoms with Crippen LogP contribution in [0.1, 0.15) is 11.3 Å². The van der Waals surface area contributed by atoms with Crippen molar-refractivity contribution in [2.45, 2.75) is 20.0 Å². The number of furan rings is 1. The van der Waals surface area contributed by atoms with E-state index in [1.165, 1.54) is 0 Å². The number of ether oxygens (including phenoxy) is 1. The van der Waals surface area contributed by atoms with Gasteiger partial charge in [-0.25, -0.2) is 4.98 Å². The van der Waals surface area contributed by atoms with E-state index in [0.717, 1.165) is 28.3 Å². The summed E-state index contributed by atoms with van der Waals surface area (Å²) in [5, 5.41) is 0. The van der Waals surface area contributed by atoms with Gasteiger partial charge >= 0.3 is 0 Å². The number of nitrogens with zero attached hydrogens (tertiary/aromatic N) is 3. The number of methoxy groups -OCH3 is 1. The summed E-state index contributed by atoms with van der Waals surface area (Å²) in [6.45, 7) is 2.79. The molecule has 0 saturated heterocycles. The third kappa shape index (κ3) is 2.27. The summed E-state index contributed by atoms with van der Waals surface area (Å²) in [6.07, 6.45) is 3.29. The van der Waals surface area contributed by atoms with Crippen molar-refractivity contribution in [2.75, 3.05) is 12.0 Å². The molecule has 0 bridgehead atoms. The van der Waals surface area contributed by atoms with Gasteiger partial charge in [0, 0.05) is 11.3 Å². The smallest absolute Gasteiger partial charge is 0.249 e. The van der Waals surface area contributed by atoms with E-state index in [0.29, 0.717) is 19.0 Å². The van der Waals surface area contributed by atoms with Gasteiger partial charge in [0.15, 0.2) is 0 Å². The summed E-state index contributed by atoms with van der Waals surface area (Å²) in [6, 6.07) is 9.58. The molecule has 6 nitrogen and oxygen atoms in total. The first-order valence-corrected chi connectivity index (χ1v) is 7.70. The second-order valence-corrected chi connectivity index (χ2v) is 5.77. The second-order valence-electron chi connectivity index (χ2n) is 5.77. The Labute approximate surface area is 139 Å². The van der Waals surface area contributed by atoms with Gasteiger partial charge in [-0.3, -0.25) is 9.69 Å². The third-order valence-corrected chi connectivity index (χ3v) is 4.33. The van der Waals surface area contributed by atoms with Gasteiger partial charge in [-0.05, 0) is 30.7 Å². The molecule has 3 aromatic rings. The normalized spacial score (nSPS) is 13.4. The maximum absolute atomic E-state index is 12.4. The zero-order chi connectivity index (χ0) is 16.7. The summed E-state index contributed by atoms with van der Waals surface area (Å²) >= 11 is 0. The van der Waals surface area contributed by atoms with Crippen molar-refractivity contribution in [3.05, 3.63) is 54.1 Å². The van der Waals surface area contributed by atoms with Crippen LogP contribution in [-0.2, 0) is 17.9 Å². The highest BCUT2D eigenvalue weighted by molar-refractivity contribution is 5.96. The highest BCUT2D eigenvalue weighted by Crippen LogP contribution is 2.32. The summed E-state index contributed by atoms with van der Waals surface area (Å²) in [5.74, 6) is 1.53. The van der Waals surface area contributed by atoms with Gasteiger partial charge < -0.3 is 13.7 Å². The van der Waals surface area contributed by atoms with E-state index in [9.17, 15) is 4.79 Å². The number of carbonyl (C=O) groups is 1. The fourth-order valence-corrected chi connectivity index (χ4v) is 2.99. The molecule has 4 rings (SSSR count). The number of fused-ring (bicyclic) bond motifs is 1. The fourth-order valence-electron chi connectivity index (χ4n) is 2.99. The molecule has 0 N–H and O–H groups in total. The highest BCUT2D eigenvalue weighted by Gasteiger charge is 2.32. The number of carbonyl (C=O) groups excluding carboxylic acids is 1. The number of hydrogen-bond donors (Lipinski definition) is 0. The first-order valence-electron chi connectivity index (χ1n) is 7.70. The lowest BCUT2D eigenvalue weighted by Crippen LogP contribution is -2.26. The van der Waals surface area contributed by atoms with E-state index >= 15 is 0 Å². The van der Waals surface area contributed by atoms with Gasteiger partial charge in [-0.15, -0.1) is 0 Å². The average Bonchev–Trinajstić information content (AvgIpc) is 3.29. The van der Waals surface area contributed by atoms with E-state index in [1.54, 1.807) is 24.5 Å². The van der Waals surface area contributed by atoms with Gasteiger partial charge in [0.25, 0.3) is 0 Å². The monoisotopic (exact) mass is 323 g/mol. The zero-order valence-electron chi connectivity index (χ0n) is 13.5. The molecule has 0 radical (unpaired) electrons. The van der Waals surface area contributed by atoms with Crippen LogP contribution in [0.3, 0.4) is 0 Å². The Morgan fingerprint density at radius 1 is 1.25 bits per heavy atom. The Morgan fingerprint density at radius 3 is 2.71 bits per heavy atom. The molecule has 0 saturated carbocycles. The number of anilines is 1. The van der Waals surface area contributed by atoms with Crippen molar-refractivity contribution in [3.63, 3.8) is 0 Å². The van der Waals surface area contributed by atoms with Crippen molar-refractivity contribution >= 4 is 11.9 Å². The average molecular weight is 323 g/mol. The largest absolute Gasteiger partial charge is 0.497 e. The number of hydrogen-bond acceptors (Lipinski definition) is 4. The van der Waals surface area contributed by atoms with Crippen LogP contribution < -0.4 is 9.64 Å². The summed E-state index contributed by atoms with van der Waals surface area (Å²) in [7, 11) is 1.63. The molecule has 0 aliphatic carbocycles. The second kappa shape index (κ2) is 5.56. The van der Waals surface area contributed by atoms with E-state index in [-0.39, 0.29) is 5.91 Å². The highest BCUT2D eigenvalue weighted by atomic mass is 16.5. The number of aromatic nitrogens is 2. The first-order chi connectivity index (χ1) is 11.7. The van der Waals surface area contributed by atoms with Crippen LogP contribution in [0.2, 0.25) is 0 Å². The minimum atomic E-state index is 0.0511. The molecule has 1 aromatic carbocycles. The van der Waals surface area contributed by atoms with E-state index in [4.69, 9.17) is 9.15 Å². The molecule has 1 amide bonds. The predicted octanol–water partition coefficient (Wildman–Crippen LogP) is 3.01. The topological polar surface area (TPSA) is 60.5 Å². The molecular weight excluding hydrogens is 306 g/mol. The zero-order valence-corrected chi connectivity index (χ0v) is 13.5. The molecule has 1 aliphatic rings. The van der Waals surface area contributed by atoms with Gasteiger partial charge in [0.05, 0.1) is 31.9 Å². The lowest BCUT2D eigenvalue weighted by atomic mass is 10.2. The summed E-state index contributed by atoms with van der Waals surface area (Å²) in [5.41, 5.74) is 3.78. The Morgan fingerprint density at radius 2 is 2.04 bits per heavy atom. The maximum atomic E-state index is 12.4. The predicted molar refractivity (Wildman–Crippen MR) is 88.9 cm³/mol. The molecule has 6 heteroatoms. The molecule has 0 fully saturated rings. The number of rotatable bonds is 4. The Balaban J connectivity index is 1.66. The van der Waals surface area contributed by atoms with E-state index < -0.39 is 0 Å². The Hall–Kier alpha value is -3.02. The van der Waals surface area contributed by atoms with Crippen molar-refractivity contribution in [1.29, 1.82) is 0 Å². The van der Waals surface area contributed by atoms with Crippen LogP contribution in [-0.4, -0.2) is 22.6 Å². The molecule has 0 atom stereocenters. The third-order valence-electron chi connectivity index (χ3n) is 4.33. The summed E-state index contributed by atoms with van der Waals surface area (Å²) in [4.78, 5) is 18.8. The molecule has 0 spiro atoms. The maximum Gasteiger partial charge on any atom is 0.249 e. The van der Waals surface area contributed by atoms with Gasteiger partial charge in [-0.2, -0.15) is 0 Å². The lowest BCUT2D eigenvalue weighted by Gasteiger charge is -2.14. The standard InChI is InChI=1S/C18H17N3O3/c1-12-17(14-7-8-24-11-14)19-18-20(12)10-16(22)21(18)9-13-3-5-15(23-2)6-4-13/h3-8,11H,9-10H2,1-2H3. The number of benzene rings is 1. The van der Waals surface area contributed by atoms with Crippen LogP contribution in [0.5, 0.6) is 5.75 Å². The molecular formula is C18H17N3O3. The van der Waals surface area contributed by atoms with Crippen molar-refractivity contribution in [3.8, 4) is 17.0 Å². The van der Waals surface area contributed by atoms with Crippen LogP contribution >= 0.6 is 0 Å². The van der Waals surface area contributed by atoms with Gasteiger partial charge in [0.1, 0.15) is 12.3 Å². The Kier molecular flexibility index (Phi) is 3.37. The molecule has 122 valence electrons. The number of imidazole rings is 1. The minimum Gasteiger partial charge on any atom is -0.497 e. The summed E-state index contributed by atoms with van der Waals surface area (Å²) < 4.78 is 12.3. The fraction of sp³-hybridized carbons (Fsp3) is 0.222. The van der Waals surface area contributed by atoms with Crippen molar-refractivity contribution in [2.24, 2.45) is 0 Å². The lowest BCUT2D eigenvalue weighted by molar-refractivity contribution is -0.118. The van der Waals surface area contributed by atoms with E-state index in [2.05, 4.69) is 4.98 Å². The molecule has 3 heterocycles. The molecule has 24 heavy (non-hydrogen) atoms. The number of amides is 1. The molecule has 2 aromatic heterocycles. The quantitative estimate of drug-likeness (QED) is 0.740. The minimum absolute atomic E-state index is 0.0511. The SMILES string of the molecule is COc1ccc(CN2C(=O)Cn3c2nc(-c2ccoc2)c3C)cc1. The van der Waals surface area contributed by atoms with Crippen molar-refractivity contribution < 1.29 is 13.9 Å². The van der Waals surface area contributed by atoms with Crippen LogP contribution in [0.25, 0.3) is 11.3 Å². The van der Waals surface area contributed by atoms with Crippen LogP contribution in [0.15, 0.2) is 47.3 Å². The Bertz CT molecular complexity index is 879. The van der Waals surface area contributed by atoms with Crippen LogP contribution in [0, 0.1) is 6.92 Å².